The molecule has 2 aromatic heterocycles. The van der Waals surface area contributed by atoms with Crippen molar-refractivity contribution in [1.82, 2.24) is 19.8 Å². The van der Waals surface area contributed by atoms with Gasteiger partial charge in [-0.15, -0.1) is 5.10 Å². The van der Waals surface area contributed by atoms with Gasteiger partial charge >= 0.3 is 5.69 Å². The van der Waals surface area contributed by atoms with E-state index in [0.29, 0.717) is 17.4 Å². The largest absolute Gasteiger partial charge is 0.368 e. The lowest BCUT2D eigenvalue weighted by Crippen LogP contribution is -2.29. The van der Waals surface area contributed by atoms with Gasteiger partial charge in [-0.3, -0.25) is 0 Å². The number of H-pyrrole nitrogens is 1. The highest BCUT2D eigenvalue weighted by Crippen LogP contribution is 2.25. The predicted molar refractivity (Wildman–Crippen MR) is 70.7 cm³/mol. The fourth-order valence-electron chi connectivity index (χ4n) is 1.42. The van der Waals surface area contributed by atoms with E-state index >= 15 is 0 Å². The standard InChI is InChI=1S/C12H19N5O/c1-8(2)12(3,4)7-13-9-5-6-10-14-15-11(18)17(10)16-9/h5-6,8H,7H2,1-4H3,(H,13,16)(H,15,18). The summed E-state index contributed by atoms with van der Waals surface area (Å²) in [6.45, 7) is 9.59. The van der Waals surface area contributed by atoms with E-state index in [1.165, 1.54) is 4.52 Å². The van der Waals surface area contributed by atoms with Crippen molar-refractivity contribution in [2.75, 3.05) is 11.9 Å². The Hall–Kier alpha value is -1.85. The molecule has 0 aromatic carbocycles. The van der Waals surface area contributed by atoms with Crippen molar-refractivity contribution >= 4 is 11.5 Å². The van der Waals surface area contributed by atoms with Crippen molar-refractivity contribution in [2.24, 2.45) is 11.3 Å². The van der Waals surface area contributed by atoms with E-state index in [2.05, 4.69) is 48.3 Å². The lowest BCUT2D eigenvalue weighted by Gasteiger charge is -2.29. The number of aromatic amines is 1. The van der Waals surface area contributed by atoms with Gasteiger partial charge in [-0.25, -0.2) is 9.89 Å². The molecule has 0 radical (unpaired) electrons. The highest BCUT2D eigenvalue weighted by atomic mass is 16.2. The molecule has 0 atom stereocenters. The lowest BCUT2D eigenvalue weighted by molar-refractivity contribution is 0.269. The maximum atomic E-state index is 11.4. The monoisotopic (exact) mass is 249 g/mol. The molecule has 6 nitrogen and oxygen atoms in total. The van der Waals surface area contributed by atoms with Crippen molar-refractivity contribution in [1.29, 1.82) is 0 Å². The highest BCUT2D eigenvalue weighted by Gasteiger charge is 2.22. The molecule has 18 heavy (non-hydrogen) atoms. The van der Waals surface area contributed by atoms with Crippen LogP contribution in [0.4, 0.5) is 5.82 Å². The smallest absolute Gasteiger partial charge is 0.364 e. The lowest BCUT2D eigenvalue weighted by atomic mass is 9.81. The topological polar surface area (TPSA) is 75.1 Å². The van der Waals surface area contributed by atoms with Crippen LogP contribution in [0.25, 0.3) is 5.65 Å². The van der Waals surface area contributed by atoms with Crippen molar-refractivity contribution in [2.45, 2.75) is 27.7 Å². The molecule has 2 rings (SSSR count). The van der Waals surface area contributed by atoms with Gasteiger partial charge in [0.2, 0.25) is 0 Å². The van der Waals surface area contributed by atoms with Gasteiger partial charge in [0, 0.05) is 6.54 Å². The van der Waals surface area contributed by atoms with Crippen LogP contribution in [0.5, 0.6) is 0 Å². The molecule has 0 unspecified atom stereocenters. The second-order valence-corrected chi connectivity index (χ2v) is 5.51. The van der Waals surface area contributed by atoms with E-state index < -0.39 is 0 Å². The molecule has 2 aromatic rings. The molecule has 0 spiro atoms. The summed E-state index contributed by atoms with van der Waals surface area (Å²) in [5, 5.41) is 13.7. The normalized spacial score (nSPS) is 12.3. The van der Waals surface area contributed by atoms with Crippen LogP contribution in [-0.2, 0) is 0 Å². The van der Waals surface area contributed by atoms with E-state index in [1.54, 1.807) is 6.07 Å². The van der Waals surface area contributed by atoms with E-state index in [4.69, 9.17) is 0 Å². The summed E-state index contributed by atoms with van der Waals surface area (Å²) in [4.78, 5) is 11.4. The van der Waals surface area contributed by atoms with Crippen molar-refractivity contribution < 1.29 is 0 Å². The minimum Gasteiger partial charge on any atom is -0.368 e. The van der Waals surface area contributed by atoms with Gasteiger partial charge in [-0.1, -0.05) is 27.7 Å². The molecule has 0 aliphatic heterocycles. The van der Waals surface area contributed by atoms with Crippen LogP contribution in [0.2, 0.25) is 0 Å². The zero-order valence-corrected chi connectivity index (χ0v) is 11.2. The molecule has 0 fully saturated rings. The Labute approximate surface area is 105 Å². The Balaban J connectivity index is 2.17. The summed E-state index contributed by atoms with van der Waals surface area (Å²) in [7, 11) is 0. The van der Waals surface area contributed by atoms with Gasteiger partial charge in [0.15, 0.2) is 5.65 Å². The average molecular weight is 249 g/mol. The Morgan fingerprint density at radius 2 is 2.17 bits per heavy atom. The van der Waals surface area contributed by atoms with Crippen molar-refractivity contribution in [3.63, 3.8) is 0 Å². The number of hydrogen-bond acceptors (Lipinski definition) is 4. The molecule has 0 saturated carbocycles. The number of rotatable bonds is 4. The summed E-state index contributed by atoms with van der Waals surface area (Å²) >= 11 is 0. The molecule has 2 N–H and O–H groups in total. The van der Waals surface area contributed by atoms with Gasteiger partial charge in [-0.2, -0.15) is 9.61 Å². The summed E-state index contributed by atoms with van der Waals surface area (Å²) in [6.07, 6.45) is 0. The fourth-order valence-corrected chi connectivity index (χ4v) is 1.42. The van der Waals surface area contributed by atoms with E-state index in [-0.39, 0.29) is 11.1 Å². The maximum Gasteiger partial charge on any atom is 0.364 e. The SMILES string of the molecule is CC(C)C(C)(C)CNc1ccc2n[nH]c(=O)n2n1. The number of nitrogens with zero attached hydrogens (tertiary/aromatic N) is 3. The van der Waals surface area contributed by atoms with Crippen LogP contribution in [0, 0.1) is 11.3 Å². The molecule has 6 heteroatoms. The van der Waals surface area contributed by atoms with Gasteiger partial charge in [0.1, 0.15) is 5.82 Å². The molecule has 0 saturated heterocycles. The first-order chi connectivity index (χ1) is 8.40. The molecule has 98 valence electrons. The van der Waals surface area contributed by atoms with E-state index in [9.17, 15) is 4.79 Å². The van der Waals surface area contributed by atoms with Crippen LogP contribution < -0.4 is 11.0 Å². The predicted octanol–water partition coefficient (Wildman–Crippen LogP) is 1.51. The molecule has 0 bridgehead atoms. The van der Waals surface area contributed by atoms with Gasteiger partial charge in [0.25, 0.3) is 0 Å². The summed E-state index contributed by atoms with van der Waals surface area (Å²) in [5.74, 6) is 1.24. The number of hydrogen-bond donors (Lipinski definition) is 2. The Bertz CT molecular complexity index is 596. The highest BCUT2D eigenvalue weighted by molar-refractivity contribution is 5.43. The first kappa shape index (κ1) is 12.6. The van der Waals surface area contributed by atoms with Crippen molar-refractivity contribution in [3.05, 3.63) is 22.6 Å². The molecule has 0 aliphatic rings. The Kier molecular flexibility index (Phi) is 3.11. The quantitative estimate of drug-likeness (QED) is 0.861. The molecular weight excluding hydrogens is 230 g/mol. The first-order valence-corrected chi connectivity index (χ1v) is 6.08. The summed E-state index contributed by atoms with van der Waals surface area (Å²) in [6, 6.07) is 3.58. The zero-order chi connectivity index (χ0) is 13.3. The summed E-state index contributed by atoms with van der Waals surface area (Å²) in [5.41, 5.74) is 0.364. The van der Waals surface area contributed by atoms with Crippen LogP contribution in [0.3, 0.4) is 0 Å². The average Bonchev–Trinajstić information content (AvgIpc) is 2.68. The maximum absolute atomic E-state index is 11.4. The van der Waals surface area contributed by atoms with Crippen LogP contribution in [0.15, 0.2) is 16.9 Å². The van der Waals surface area contributed by atoms with Crippen molar-refractivity contribution in [3.8, 4) is 0 Å². The van der Waals surface area contributed by atoms with E-state index in [0.717, 1.165) is 6.54 Å². The number of aromatic nitrogens is 4. The second kappa shape index (κ2) is 4.44. The summed E-state index contributed by atoms with van der Waals surface area (Å²) < 4.78 is 1.25. The molecule has 0 aliphatic carbocycles. The third-order valence-electron chi connectivity index (χ3n) is 3.56. The molecule has 0 amide bonds. The molecule has 2 heterocycles. The minimum absolute atomic E-state index is 0.165. The molecular formula is C12H19N5O. The van der Waals surface area contributed by atoms with Crippen LogP contribution >= 0.6 is 0 Å². The minimum atomic E-state index is -0.322. The van der Waals surface area contributed by atoms with Crippen LogP contribution in [0.1, 0.15) is 27.7 Å². The number of fused-ring (bicyclic) bond motifs is 1. The Morgan fingerprint density at radius 3 is 2.83 bits per heavy atom. The zero-order valence-electron chi connectivity index (χ0n) is 11.2. The Morgan fingerprint density at radius 1 is 1.44 bits per heavy atom. The van der Waals surface area contributed by atoms with Crippen LogP contribution in [-0.4, -0.2) is 26.4 Å². The van der Waals surface area contributed by atoms with Gasteiger partial charge in [0.05, 0.1) is 0 Å². The number of nitrogens with one attached hydrogen (secondary N) is 2. The third kappa shape index (κ3) is 2.37. The third-order valence-corrected chi connectivity index (χ3v) is 3.56. The first-order valence-electron chi connectivity index (χ1n) is 6.08. The fraction of sp³-hybridized carbons (Fsp3) is 0.583. The van der Waals surface area contributed by atoms with E-state index in [1.807, 2.05) is 6.07 Å². The van der Waals surface area contributed by atoms with Gasteiger partial charge < -0.3 is 5.32 Å². The second-order valence-electron chi connectivity index (χ2n) is 5.51. The van der Waals surface area contributed by atoms with Gasteiger partial charge in [-0.05, 0) is 23.5 Å². The number of anilines is 1.